The van der Waals surface area contributed by atoms with Crippen LogP contribution in [0.5, 0.6) is 5.75 Å². The topological polar surface area (TPSA) is 20.2 Å². The van der Waals surface area contributed by atoms with E-state index in [0.29, 0.717) is 5.75 Å². The number of phenolic OH excluding ortho intramolecular Hbond substituents is 1. The zero-order chi connectivity index (χ0) is 13.8. The molecular formula is C18H22O. The Bertz CT molecular complexity index is 570. The third kappa shape index (κ3) is 2.98. The minimum absolute atomic E-state index is 0.360. The second-order valence-electron chi connectivity index (χ2n) is 4.94. The molecule has 0 saturated carbocycles. The van der Waals surface area contributed by atoms with Crippen LogP contribution in [0.15, 0.2) is 36.4 Å². The van der Waals surface area contributed by atoms with Gasteiger partial charge in [-0.05, 0) is 59.2 Å². The van der Waals surface area contributed by atoms with E-state index in [9.17, 15) is 5.11 Å². The van der Waals surface area contributed by atoms with E-state index in [-0.39, 0.29) is 0 Å². The molecule has 2 aromatic carbocycles. The fourth-order valence-electron chi connectivity index (χ4n) is 2.45. The van der Waals surface area contributed by atoms with Gasteiger partial charge < -0.3 is 5.11 Å². The third-order valence-electron chi connectivity index (χ3n) is 3.66. The van der Waals surface area contributed by atoms with E-state index >= 15 is 0 Å². The summed E-state index contributed by atoms with van der Waals surface area (Å²) in [7, 11) is 0. The molecule has 1 nitrogen and oxygen atoms in total. The summed E-state index contributed by atoms with van der Waals surface area (Å²) in [6, 6.07) is 12.6. The van der Waals surface area contributed by atoms with E-state index < -0.39 is 0 Å². The highest BCUT2D eigenvalue weighted by molar-refractivity contribution is 5.70. The van der Waals surface area contributed by atoms with Crippen molar-refractivity contribution in [2.45, 2.75) is 40.0 Å². The van der Waals surface area contributed by atoms with Gasteiger partial charge >= 0.3 is 0 Å². The number of aryl methyl sites for hydroxylation is 3. The maximum atomic E-state index is 9.88. The summed E-state index contributed by atoms with van der Waals surface area (Å²) in [6.07, 6.45) is 2.99. The summed E-state index contributed by atoms with van der Waals surface area (Å²) in [5, 5.41) is 9.88. The van der Waals surface area contributed by atoms with Gasteiger partial charge in [-0.3, -0.25) is 0 Å². The van der Waals surface area contributed by atoms with Crippen molar-refractivity contribution >= 4 is 0 Å². The van der Waals surface area contributed by atoms with Gasteiger partial charge in [0.25, 0.3) is 0 Å². The molecule has 0 heterocycles. The van der Waals surface area contributed by atoms with Gasteiger partial charge in [0.1, 0.15) is 5.75 Å². The number of phenols is 1. The monoisotopic (exact) mass is 254 g/mol. The number of hydrogen-bond donors (Lipinski definition) is 1. The summed E-state index contributed by atoms with van der Waals surface area (Å²) in [5.41, 5.74) is 6.24. The van der Waals surface area contributed by atoms with E-state index in [4.69, 9.17) is 0 Å². The molecule has 0 unspecified atom stereocenters. The number of aromatic hydroxyl groups is 1. The molecule has 0 aliphatic rings. The lowest BCUT2D eigenvalue weighted by Crippen LogP contribution is -1.92. The zero-order valence-electron chi connectivity index (χ0n) is 12.0. The summed E-state index contributed by atoms with van der Waals surface area (Å²) < 4.78 is 0. The van der Waals surface area contributed by atoms with Gasteiger partial charge in [0.2, 0.25) is 0 Å². The standard InChI is InChI=1S/C18H22O/c1-4-13-7-8-15(6-3)18(11-13)16-9-14(5-2)10-17(19)12-16/h7-12,19H,4-6H2,1-3H3. The number of benzene rings is 2. The summed E-state index contributed by atoms with van der Waals surface area (Å²) >= 11 is 0. The van der Waals surface area contributed by atoms with Gasteiger partial charge in [-0.15, -0.1) is 0 Å². The highest BCUT2D eigenvalue weighted by atomic mass is 16.3. The molecule has 0 spiro atoms. The maximum Gasteiger partial charge on any atom is 0.116 e. The van der Waals surface area contributed by atoms with Crippen LogP contribution in [0.4, 0.5) is 0 Å². The van der Waals surface area contributed by atoms with Gasteiger partial charge in [0, 0.05) is 0 Å². The molecule has 0 amide bonds. The Morgan fingerprint density at radius 2 is 1.53 bits per heavy atom. The van der Waals surface area contributed by atoms with E-state index in [1.165, 1.54) is 22.3 Å². The van der Waals surface area contributed by atoms with Crippen LogP contribution in [0.25, 0.3) is 11.1 Å². The predicted molar refractivity (Wildman–Crippen MR) is 81.7 cm³/mol. The fourth-order valence-corrected chi connectivity index (χ4v) is 2.45. The Morgan fingerprint density at radius 1 is 0.789 bits per heavy atom. The first-order chi connectivity index (χ1) is 9.17. The molecule has 1 N–H and O–H groups in total. The molecule has 2 rings (SSSR count). The van der Waals surface area contributed by atoms with Crippen LogP contribution in [0.1, 0.15) is 37.5 Å². The molecule has 0 atom stereocenters. The minimum Gasteiger partial charge on any atom is -0.508 e. The van der Waals surface area contributed by atoms with Crippen molar-refractivity contribution in [2.24, 2.45) is 0 Å². The molecule has 0 saturated heterocycles. The lowest BCUT2D eigenvalue weighted by Gasteiger charge is -2.12. The average Bonchev–Trinajstić information content (AvgIpc) is 2.45. The fraction of sp³-hybridized carbons (Fsp3) is 0.333. The number of rotatable bonds is 4. The summed E-state index contributed by atoms with van der Waals surface area (Å²) in [5.74, 6) is 0.360. The van der Waals surface area contributed by atoms with E-state index in [1.807, 2.05) is 12.1 Å². The molecule has 1 heteroatoms. The van der Waals surface area contributed by atoms with Crippen molar-refractivity contribution in [3.63, 3.8) is 0 Å². The first kappa shape index (κ1) is 13.7. The molecule has 19 heavy (non-hydrogen) atoms. The Balaban J connectivity index is 2.59. The average molecular weight is 254 g/mol. The number of hydrogen-bond acceptors (Lipinski definition) is 1. The highest BCUT2D eigenvalue weighted by Crippen LogP contribution is 2.30. The molecule has 2 aromatic rings. The van der Waals surface area contributed by atoms with Gasteiger partial charge in [0.05, 0.1) is 0 Å². The van der Waals surface area contributed by atoms with Crippen LogP contribution in [-0.4, -0.2) is 5.11 Å². The first-order valence-electron chi connectivity index (χ1n) is 7.13. The SMILES string of the molecule is CCc1cc(O)cc(-c2cc(CC)ccc2CC)c1. The summed E-state index contributed by atoms with van der Waals surface area (Å²) in [6.45, 7) is 6.46. The first-order valence-corrected chi connectivity index (χ1v) is 7.13. The Morgan fingerprint density at radius 3 is 2.16 bits per heavy atom. The molecule has 0 aromatic heterocycles. The molecule has 0 aliphatic heterocycles. The van der Waals surface area contributed by atoms with Crippen LogP contribution >= 0.6 is 0 Å². The van der Waals surface area contributed by atoms with Crippen molar-refractivity contribution < 1.29 is 5.11 Å². The van der Waals surface area contributed by atoms with Crippen molar-refractivity contribution in [1.29, 1.82) is 0 Å². The Hall–Kier alpha value is -1.76. The van der Waals surface area contributed by atoms with Crippen LogP contribution in [0.3, 0.4) is 0 Å². The van der Waals surface area contributed by atoms with Gasteiger partial charge in [0.15, 0.2) is 0 Å². The van der Waals surface area contributed by atoms with Crippen LogP contribution in [0.2, 0.25) is 0 Å². The Kier molecular flexibility index (Phi) is 4.26. The summed E-state index contributed by atoms with van der Waals surface area (Å²) in [4.78, 5) is 0. The van der Waals surface area contributed by atoms with Crippen LogP contribution in [0, 0.1) is 0 Å². The van der Waals surface area contributed by atoms with Crippen LogP contribution < -0.4 is 0 Å². The minimum atomic E-state index is 0.360. The van der Waals surface area contributed by atoms with Gasteiger partial charge in [-0.25, -0.2) is 0 Å². The quantitative estimate of drug-likeness (QED) is 0.835. The van der Waals surface area contributed by atoms with Crippen LogP contribution in [-0.2, 0) is 19.3 Å². The molecule has 0 aliphatic carbocycles. The second kappa shape index (κ2) is 5.92. The van der Waals surface area contributed by atoms with E-state index in [1.54, 1.807) is 0 Å². The highest BCUT2D eigenvalue weighted by Gasteiger charge is 2.07. The lowest BCUT2D eigenvalue weighted by molar-refractivity contribution is 0.475. The normalized spacial score (nSPS) is 10.7. The van der Waals surface area contributed by atoms with E-state index in [0.717, 1.165) is 24.8 Å². The molecule has 0 radical (unpaired) electrons. The van der Waals surface area contributed by atoms with Gasteiger partial charge in [-0.1, -0.05) is 45.0 Å². The smallest absolute Gasteiger partial charge is 0.116 e. The predicted octanol–water partition coefficient (Wildman–Crippen LogP) is 4.75. The Labute approximate surface area is 115 Å². The van der Waals surface area contributed by atoms with Crippen molar-refractivity contribution in [3.8, 4) is 16.9 Å². The van der Waals surface area contributed by atoms with Crippen molar-refractivity contribution in [3.05, 3.63) is 53.1 Å². The largest absolute Gasteiger partial charge is 0.508 e. The van der Waals surface area contributed by atoms with E-state index in [2.05, 4.69) is 45.0 Å². The maximum absolute atomic E-state index is 9.88. The van der Waals surface area contributed by atoms with Crippen molar-refractivity contribution in [1.82, 2.24) is 0 Å². The van der Waals surface area contributed by atoms with Crippen molar-refractivity contribution in [2.75, 3.05) is 0 Å². The molecular weight excluding hydrogens is 232 g/mol. The zero-order valence-corrected chi connectivity index (χ0v) is 12.0. The molecule has 100 valence electrons. The second-order valence-corrected chi connectivity index (χ2v) is 4.94. The lowest BCUT2D eigenvalue weighted by atomic mass is 9.93. The van der Waals surface area contributed by atoms with Gasteiger partial charge in [-0.2, -0.15) is 0 Å². The third-order valence-corrected chi connectivity index (χ3v) is 3.66. The molecule has 0 bridgehead atoms. The molecule has 0 fully saturated rings.